The summed E-state index contributed by atoms with van der Waals surface area (Å²) in [5.41, 5.74) is 1.83. The van der Waals surface area contributed by atoms with Gasteiger partial charge in [-0.05, 0) is 43.5 Å². The van der Waals surface area contributed by atoms with Crippen LogP contribution in [0.1, 0.15) is 19.3 Å². The summed E-state index contributed by atoms with van der Waals surface area (Å²) in [6.07, 6.45) is 3.03. The molecule has 3 aromatic rings. The number of carbonyl (C=O) groups is 1. The molecule has 1 amide bonds. The van der Waals surface area contributed by atoms with Crippen molar-refractivity contribution >= 4 is 27.6 Å². The van der Waals surface area contributed by atoms with Crippen LogP contribution >= 0.6 is 11.3 Å². The molecule has 0 N–H and O–H groups in total. The molecule has 24 heavy (non-hydrogen) atoms. The van der Waals surface area contributed by atoms with Crippen LogP contribution in [0.2, 0.25) is 0 Å². The van der Waals surface area contributed by atoms with Crippen LogP contribution in [0.15, 0.2) is 48.5 Å². The molecule has 2 heterocycles. The first-order chi connectivity index (χ1) is 11.8. The zero-order chi connectivity index (χ0) is 16.4. The van der Waals surface area contributed by atoms with Crippen molar-refractivity contribution in [3.8, 4) is 16.3 Å². The van der Waals surface area contributed by atoms with Gasteiger partial charge in [0.15, 0.2) is 0 Å². The number of amides is 1. The van der Waals surface area contributed by atoms with Crippen LogP contribution in [0.5, 0.6) is 5.75 Å². The highest BCUT2D eigenvalue weighted by molar-refractivity contribution is 7.21. The van der Waals surface area contributed by atoms with E-state index in [9.17, 15) is 4.79 Å². The summed E-state index contributed by atoms with van der Waals surface area (Å²) < 4.78 is 6.82. The van der Waals surface area contributed by atoms with E-state index >= 15 is 0 Å². The maximum absolute atomic E-state index is 12.4. The van der Waals surface area contributed by atoms with E-state index in [0.29, 0.717) is 5.75 Å². The van der Waals surface area contributed by atoms with Crippen molar-refractivity contribution in [3.05, 3.63) is 48.5 Å². The number of aromatic nitrogens is 1. The Morgan fingerprint density at radius 2 is 1.75 bits per heavy atom. The van der Waals surface area contributed by atoms with Crippen molar-refractivity contribution in [1.29, 1.82) is 0 Å². The number of fused-ring (bicyclic) bond motifs is 1. The molecular weight excluding hydrogens is 320 g/mol. The molecule has 1 saturated heterocycles. The average molecular weight is 338 g/mol. The van der Waals surface area contributed by atoms with Gasteiger partial charge < -0.3 is 9.64 Å². The quantitative estimate of drug-likeness (QED) is 0.664. The Labute approximate surface area is 144 Å². The molecular formula is C19H18N2O2S. The van der Waals surface area contributed by atoms with Crippen molar-refractivity contribution in [2.24, 2.45) is 0 Å². The Kier molecular flexibility index (Phi) is 4.17. The molecule has 5 heteroatoms. The maximum Gasteiger partial charge on any atom is 0.415 e. The van der Waals surface area contributed by atoms with Gasteiger partial charge in [0, 0.05) is 13.1 Å². The van der Waals surface area contributed by atoms with Crippen LogP contribution in [-0.2, 0) is 0 Å². The minimum atomic E-state index is -0.261. The SMILES string of the molecule is O=C(Oc1ccccc1-c1nc2ccccc2s1)N1CCCCC1. The lowest BCUT2D eigenvalue weighted by molar-refractivity contribution is 0.143. The predicted octanol–water partition coefficient (Wildman–Crippen LogP) is 4.95. The van der Waals surface area contributed by atoms with Gasteiger partial charge in [0.1, 0.15) is 10.8 Å². The fraction of sp³-hybridized carbons (Fsp3) is 0.263. The second-order valence-corrected chi connectivity index (χ2v) is 6.93. The zero-order valence-electron chi connectivity index (χ0n) is 13.3. The molecule has 122 valence electrons. The van der Waals surface area contributed by atoms with E-state index in [0.717, 1.165) is 46.7 Å². The predicted molar refractivity (Wildman–Crippen MR) is 96.5 cm³/mol. The van der Waals surface area contributed by atoms with Gasteiger partial charge in [-0.15, -0.1) is 11.3 Å². The Bertz CT molecular complexity index is 835. The third-order valence-electron chi connectivity index (χ3n) is 4.22. The molecule has 1 fully saturated rings. The summed E-state index contributed by atoms with van der Waals surface area (Å²) in [7, 11) is 0. The molecule has 0 radical (unpaired) electrons. The molecule has 4 nitrogen and oxygen atoms in total. The number of ether oxygens (including phenoxy) is 1. The highest BCUT2D eigenvalue weighted by atomic mass is 32.1. The highest BCUT2D eigenvalue weighted by Gasteiger charge is 2.20. The number of rotatable bonds is 2. The van der Waals surface area contributed by atoms with E-state index in [1.54, 1.807) is 16.2 Å². The minimum Gasteiger partial charge on any atom is -0.409 e. The summed E-state index contributed by atoms with van der Waals surface area (Å²) in [6, 6.07) is 15.7. The van der Waals surface area contributed by atoms with Crippen LogP contribution in [0.4, 0.5) is 4.79 Å². The Morgan fingerprint density at radius 3 is 2.58 bits per heavy atom. The first-order valence-corrected chi connectivity index (χ1v) is 9.05. The number of carbonyl (C=O) groups excluding carboxylic acids is 1. The molecule has 4 rings (SSSR count). The zero-order valence-corrected chi connectivity index (χ0v) is 14.1. The smallest absolute Gasteiger partial charge is 0.409 e. The molecule has 0 unspecified atom stereocenters. The Hall–Kier alpha value is -2.40. The second-order valence-electron chi connectivity index (χ2n) is 5.90. The summed E-state index contributed by atoms with van der Waals surface area (Å²) >= 11 is 1.61. The number of likely N-dealkylation sites (tertiary alicyclic amines) is 1. The molecule has 0 saturated carbocycles. The molecule has 1 aliphatic rings. The van der Waals surface area contributed by atoms with Crippen LogP contribution in [0, 0.1) is 0 Å². The topological polar surface area (TPSA) is 42.4 Å². The highest BCUT2D eigenvalue weighted by Crippen LogP contribution is 2.35. The summed E-state index contributed by atoms with van der Waals surface area (Å²) in [6.45, 7) is 1.56. The minimum absolute atomic E-state index is 0.261. The molecule has 0 bridgehead atoms. The van der Waals surface area contributed by atoms with Crippen LogP contribution in [0.25, 0.3) is 20.8 Å². The first kappa shape index (κ1) is 15.1. The second kappa shape index (κ2) is 6.61. The fourth-order valence-electron chi connectivity index (χ4n) is 2.95. The third kappa shape index (κ3) is 2.99. The summed E-state index contributed by atoms with van der Waals surface area (Å²) in [5, 5.41) is 0.873. The van der Waals surface area contributed by atoms with E-state index in [4.69, 9.17) is 4.74 Å². The molecule has 0 atom stereocenters. The van der Waals surface area contributed by atoms with E-state index in [-0.39, 0.29) is 6.09 Å². The van der Waals surface area contributed by atoms with Gasteiger partial charge in [-0.2, -0.15) is 0 Å². The van der Waals surface area contributed by atoms with Gasteiger partial charge in [0.05, 0.1) is 15.8 Å². The van der Waals surface area contributed by atoms with E-state index in [2.05, 4.69) is 11.1 Å². The van der Waals surface area contributed by atoms with E-state index in [1.807, 2.05) is 42.5 Å². The fourth-order valence-corrected chi connectivity index (χ4v) is 3.95. The Morgan fingerprint density at radius 1 is 1.00 bits per heavy atom. The molecule has 1 aromatic heterocycles. The monoisotopic (exact) mass is 338 g/mol. The van der Waals surface area contributed by atoms with Crippen molar-refractivity contribution < 1.29 is 9.53 Å². The molecule has 0 spiro atoms. The van der Waals surface area contributed by atoms with Gasteiger partial charge >= 0.3 is 6.09 Å². The number of nitrogens with zero attached hydrogens (tertiary/aromatic N) is 2. The lowest BCUT2D eigenvalue weighted by Gasteiger charge is -2.25. The normalized spacial score (nSPS) is 14.8. The molecule has 0 aliphatic carbocycles. The lowest BCUT2D eigenvalue weighted by atomic mass is 10.1. The largest absolute Gasteiger partial charge is 0.415 e. The van der Waals surface area contributed by atoms with Crippen molar-refractivity contribution in [2.75, 3.05) is 13.1 Å². The standard InChI is InChI=1S/C19H18N2O2S/c22-19(21-12-6-1-7-13-21)23-16-10-4-2-8-14(16)18-20-15-9-3-5-11-17(15)24-18/h2-5,8-11H,1,6-7,12-13H2. The van der Waals surface area contributed by atoms with Gasteiger partial charge in [0.25, 0.3) is 0 Å². The number of hydrogen-bond acceptors (Lipinski definition) is 4. The maximum atomic E-state index is 12.4. The van der Waals surface area contributed by atoms with E-state index < -0.39 is 0 Å². The third-order valence-corrected chi connectivity index (χ3v) is 5.29. The van der Waals surface area contributed by atoms with Crippen molar-refractivity contribution in [2.45, 2.75) is 19.3 Å². The Balaban J connectivity index is 1.63. The number of hydrogen-bond donors (Lipinski definition) is 0. The van der Waals surface area contributed by atoms with Crippen molar-refractivity contribution in [3.63, 3.8) is 0 Å². The summed E-state index contributed by atoms with van der Waals surface area (Å²) in [4.78, 5) is 18.9. The number of para-hydroxylation sites is 2. The molecule has 2 aromatic carbocycles. The average Bonchev–Trinajstić information content (AvgIpc) is 3.07. The number of piperidine rings is 1. The van der Waals surface area contributed by atoms with Gasteiger partial charge in [0.2, 0.25) is 0 Å². The van der Waals surface area contributed by atoms with Gasteiger partial charge in [-0.3, -0.25) is 0 Å². The van der Waals surface area contributed by atoms with Crippen LogP contribution in [0.3, 0.4) is 0 Å². The van der Waals surface area contributed by atoms with Crippen LogP contribution < -0.4 is 4.74 Å². The number of thiazole rings is 1. The molecule has 1 aliphatic heterocycles. The van der Waals surface area contributed by atoms with Crippen LogP contribution in [-0.4, -0.2) is 29.1 Å². The first-order valence-electron chi connectivity index (χ1n) is 8.23. The summed E-state index contributed by atoms with van der Waals surface area (Å²) in [5.74, 6) is 0.576. The lowest BCUT2D eigenvalue weighted by Crippen LogP contribution is -2.37. The van der Waals surface area contributed by atoms with Gasteiger partial charge in [-0.25, -0.2) is 9.78 Å². The van der Waals surface area contributed by atoms with Crippen molar-refractivity contribution in [1.82, 2.24) is 9.88 Å². The van der Waals surface area contributed by atoms with E-state index in [1.165, 1.54) is 6.42 Å². The number of benzene rings is 2. The van der Waals surface area contributed by atoms with Gasteiger partial charge in [-0.1, -0.05) is 24.3 Å².